The summed E-state index contributed by atoms with van der Waals surface area (Å²) in [7, 11) is 0. The molecule has 0 spiro atoms. The van der Waals surface area contributed by atoms with Crippen LogP contribution in [0, 0.1) is 11.8 Å². The van der Waals surface area contributed by atoms with Crippen LogP contribution in [-0.2, 0) is 22.4 Å². The van der Waals surface area contributed by atoms with Gasteiger partial charge in [0.25, 0.3) is 5.91 Å². The van der Waals surface area contributed by atoms with Crippen molar-refractivity contribution >= 4 is 22.8 Å². The number of ether oxygens (including phenoxy) is 1. The predicted molar refractivity (Wildman–Crippen MR) is 113 cm³/mol. The molecule has 5 nitrogen and oxygen atoms in total. The van der Waals surface area contributed by atoms with Gasteiger partial charge in [-0.1, -0.05) is 44.9 Å². The highest BCUT2D eigenvalue weighted by molar-refractivity contribution is 6.05. The van der Waals surface area contributed by atoms with E-state index in [1.165, 1.54) is 6.42 Å². The number of fused-ring (bicyclic) bond motifs is 2. The second kappa shape index (κ2) is 8.52. The zero-order valence-corrected chi connectivity index (χ0v) is 17.4. The molecular formula is C24H30N2O3. The van der Waals surface area contributed by atoms with Gasteiger partial charge in [0.05, 0.1) is 11.1 Å². The molecule has 1 saturated carbocycles. The van der Waals surface area contributed by atoms with Gasteiger partial charge in [-0.05, 0) is 55.6 Å². The number of carbonyl (C=O) groups excluding carboxylic acids is 2. The number of para-hydroxylation sites is 1. The molecule has 2 aromatic rings. The van der Waals surface area contributed by atoms with Crippen LogP contribution < -0.4 is 5.32 Å². The van der Waals surface area contributed by atoms with Crippen molar-refractivity contribution in [1.82, 2.24) is 10.3 Å². The van der Waals surface area contributed by atoms with E-state index >= 15 is 0 Å². The minimum atomic E-state index is -0.415. The molecule has 0 bridgehead atoms. The molecule has 5 heteroatoms. The number of amides is 1. The fourth-order valence-corrected chi connectivity index (χ4v) is 4.84. The number of aromatic nitrogens is 1. The van der Waals surface area contributed by atoms with Gasteiger partial charge in [-0.25, -0.2) is 4.79 Å². The maximum atomic E-state index is 13.0. The third-order valence-electron chi connectivity index (χ3n) is 6.76. The Morgan fingerprint density at radius 3 is 2.76 bits per heavy atom. The molecule has 0 aliphatic heterocycles. The lowest BCUT2D eigenvalue weighted by atomic mass is 9.78. The molecule has 1 heterocycles. The highest BCUT2D eigenvalue weighted by atomic mass is 16.5. The molecule has 4 rings (SSSR count). The zero-order valence-electron chi connectivity index (χ0n) is 17.4. The summed E-state index contributed by atoms with van der Waals surface area (Å²) in [6, 6.07) is 7.85. The van der Waals surface area contributed by atoms with Crippen LogP contribution in [-0.4, -0.2) is 29.5 Å². The van der Waals surface area contributed by atoms with Crippen molar-refractivity contribution in [2.45, 2.75) is 64.8 Å². The Kier molecular flexibility index (Phi) is 5.84. The van der Waals surface area contributed by atoms with Crippen LogP contribution in [0.5, 0.6) is 0 Å². The van der Waals surface area contributed by atoms with Gasteiger partial charge in [0.15, 0.2) is 6.61 Å². The number of nitrogens with one attached hydrogen (secondary N) is 1. The first-order chi connectivity index (χ1) is 14.0. The maximum absolute atomic E-state index is 13.0. The SMILES string of the molecule is C[C@@H]1[C@H](C)CCC[C@H]1NC(=O)COC(=O)c1c2c(nc3ccccc13)CCCC2. The minimum Gasteiger partial charge on any atom is -0.452 e. The molecule has 1 amide bonds. The highest BCUT2D eigenvalue weighted by Crippen LogP contribution is 2.31. The summed E-state index contributed by atoms with van der Waals surface area (Å²) in [5, 5.41) is 3.89. The number of benzene rings is 1. The summed E-state index contributed by atoms with van der Waals surface area (Å²) >= 11 is 0. The van der Waals surface area contributed by atoms with Crippen LogP contribution in [0.1, 0.15) is 67.6 Å². The van der Waals surface area contributed by atoms with Gasteiger partial charge >= 0.3 is 5.97 Å². The average Bonchev–Trinajstić information content (AvgIpc) is 2.73. The lowest BCUT2D eigenvalue weighted by Crippen LogP contribution is -2.45. The zero-order chi connectivity index (χ0) is 20.4. The molecule has 1 aromatic carbocycles. The van der Waals surface area contributed by atoms with E-state index in [-0.39, 0.29) is 18.6 Å². The Morgan fingerprint density at radius 2 is 1.90 bits per heavy atom. The Labute approximate surface area is 172 Å². The van der Waals surface area contributed by atoms with Crippen LogP contribution >= 0.6 is 0 Å². The van der Waals surface area contributed by atoms with E-state index in [9.17, 15) is 9.59 Å². The fourth-order valence-electron chi connectivity index (χ4n) is 4.84. The quantitative estimate of drug-likeness (QED) is 0.789. The number of esters is 1. The summed E-state index contributed by atoms with van der Waals surface area (Å²) in [5.74, 6) is 0.421. The molecule has 1 aromatic heterocycles. The monoisotopic (exact) mass is 394 g/mol. The number of aryl methyl sites for hydroxylation is 1. The summed E-state index contributed by atoms with van der Waals surface area (Å²) in [4.78, 5) is 30.2. The largest absolute Gasteiger partial charge is 0.452 e. The van der Waals surface area contributed by atoms with Gasteiger partial charge in [0.2, 0.25) is 0 Å². The summed E-state index contributed by atoms with van der Waals surface area (Å²) < 4.78 is 5.49. The van der Waals surface area contributed by atoms with Gasteiger partial charge in [-0.15, -0.1) is 0 Å². The molecule has 1 N–H and O–H groups in total. The highest BCUT2D eigenvalue weighted by Gasteiger charge is 2.29. The molecule has 2 aliphatic rings. The summed E-state index contributed by atoms with van der Waals surface area (Å²) in [6.07, 6.45) is 7.19. The van der Waals surface area contributed by atoms with Crippen molar-refractivity contribution in [2.75, 3.05) is 6.61 Å². The van der Waals surface area contributed by atoms with E-state index in [1.807, 2.05) is 24.3 Å². The normalized spacial score (nSPS) is 24.0. The molecule has 154 valence electrons. The first-order valence-corrected chi connectivity index (χ1v) is 10.9. The lowest BCUT2D eigenvalue weighted by Gasteiger charge is -2.34. The molecule has 3 atom stereocenters. The molecule has 2 aliphatic carbocycles. The second-order valence-electron chi connectivity index (χ2n) is 8.65. The summed E-state index contributed by atoms with van der Waals surface area (Å²) in [6.45, 7) is 4.19. The van der Waals surface area contributed by atoms with Crippen LogP contribution in [0.4, 0.5) is 0 Å². The van der Waals surface area contributed by atoms with Gasteiger partial charge in [-0.3, -0.25) is 9.78 Å². The third-order valence-corrected chi connectivity index (χ3v) is 6.76. The van der Waals surface area contributed by atoms with Crippen LogP contribution in [0.3, 0.4) is 0 Å². The Hall–Kier alpha value is -2.43. The summed E-state index contributed by atoms with van der Waals surface area (Å²) in [5.41, 5.74) is 3.40. The van der Waals surface area contributed by atoms with E-state index in [4.69, 9.17) is 9.72 Å². The van der Waals surface area contributed by atoms with E-state index < -0.39 is 5.97 Å². The predicted octanol–water partition coefficient (Wildman–Crippen LogP) is 4.21. The van der Waals surface area contributed by atoms with E-state index in [2.05, 4.69) is 19.2 Å². The molecular weight excluding hydrogens is 364 g/mol. The molecule has 0 radical (unpaired) electrons. The van der Waals surface area contributed by atoms with Crippen LogP contribution in [0.2, 0.25) is 0 Å². The van der Waals surface area contributed by atoms with Gasteiger partial charge in [0.1, 0.15) is 0 Å². The van der Waals surface area contributed by atoms with Crippen molar-refractivity contribution in [3.05, 3.63) is 41.1 Å². The third kappa shape index (κ3) is 4.14. The number of carbonyl (C=O) groups is 2. The topological polar surface area (TPSA) is 68.3 Å². The number of hydrogen-bond acceptors (Lipinski definition) is 4. The van der Waals surface area contributed by atoms with Crippen molar-refractivity contribution in [3.63, 3.8) is 0 Å². The van der Waals surface area contributed by atoms with Crippen LogP contribution in [0.25, 0.3) is 10.9 Å². The first kappa shape index (κ1) is 19.9. The van der Waals surface area contributed by atoms with Crippen molar-refractivity contribution < 1.29 is 14.3 Å². The van der Waals surface area contributed by atoms with Crippen LogP contribution in [0.15, 0.2) is 24.3 Å². The molecule has 0 saturated heterocycles. The van der Waals surface area contributed by atoms with E-state index in [1.54, 1.807) is 0 Å². The van der Waals surface area contributed by atoms with Gasteiger partial charge in [-0.2, -0.15) is 0 Å². The molecule has 29 heavy (non-hydrogen) atoms. The number of nitrogens with zero attached hydrogens (tertiary/aromatic N) is 1. The van der Waals surface area contributed by atoms with Crippen molar-refractivity contribution in [3.8, 4) is 0 Å². The molecule has 0 unspecified atom stereocenters. The average molecular weight is 395 g/mol. The van der Waals surface area contributed by atoms with E-state index in [0.717, 1.165) is 60.7 Å². The second-order valence-corrected chi connectivity index (χ2v) is 8.65. The Bertz CT molecular complexity index is 924. The number of pyridine rings is 1. The Morgan fingerprint density at radius 1 is 1.10 bits per heavy atom. The fraction of sp³-hybridized carbons (Fsp3) is 0.542. The lowest BCUT2D eigenvalue weighted by molar-refractivity contribution is -0.125. The molecule has 1 fully saturated rings. The number of hydrogen-bond donors (Lipinski definition) is 1. The van der Waals surface area contributed by atoms with Crippen molar-refractivity contribution in [2.24, 2.45) is 11.8 Å². The van der Waals surface area contributed by atoms with Gasteiger partial charge < -0.3 is 10.1 Å². The first-order valence-electron chi connectivity index (χ1n) is 10.9. The van der Waals surface area contributed by atoms with E-state index in [0.29, 0.717) is 17.4 Å². The maximum Gasteiger partial charge on any atom is 0.339 e. The van der Waals surface area contributed by atoms with Gasteiger partial charge in [0, 0.05) is 17.1 Å². The smallest absolute Gasteiger partial charge is 0.339 e. The number of rotatable bonds is 4. The standard InChI is InChI=1S/C24H30N2O3/c1-15-8-7-13-19(16(15)2)26-22(27)14-29-24(28)23-17-9-3-5-11-20(17)25-21-12-6-4-10-18(21)23/h3,5,9,11,15-16,19H,4,6-8,10,12-14H2,1-2H3,(H,26,27)/t15-,16-,19-/m1/s1. The Balaban J connectivity index is 1.49. The van der Waals surface area contributed by atoms with Crippen molar-refractivity contribution in [1.29, 1.82) is 0 Å². The minimum absolute atomic E-state index is 0.166.